The summed E-state index contributed by atoms with van der Waals surface area (Å²) in [7, 11) is 1.64. The van der Waals surface area contributed by atoms with E-state index in [1.807, 2.05) is 6.92 Å². The van der Waals surface area contributed by atoms with Gasteiger partial charge in [0.1, 0.15) is 0 Å². The lowest BCUT2D eigenvalue weighted by Gasteiger charge is -1.96. The molecule has 2 heterocycles. The molecule has 0 atom stereocenters. The fourth-order valence-corrected chi connectivity index (χ4v) is 1.15. The van der Waals surface area contributed by atoms with Crippen molar-refractivity contribution in [3.05, 3.63) is 16.7 Å². The third-order valence-electron chi connectivity index (χ3n) is 1.88. The summed E-state index contributed by atoms with van der Waals surface area (Å²) in [6.45, 7) is 2.59. The maximum Gasteiger partial charge on any atom is 0.283 e. The van der Waals surface area contributed by atoms with Crippen LogP contribution in [0.1, 0.15) is 6.92 Å². The number of nitrogens with zero attached hydrogens (tertiary/aromatic N) is 5. The maximum absolute atomic E-state index is 11.5. The second-order valence-electron chi connectivity index (χ2n) is 2.74. The minimum absolute atomic E-state index is 0.162. The topological polar surface area (TPSA) is 65.6 Å². The van der Waals surface area contributed by atoms with Crippen molar-refractivity contribution in [1.82, 2.24) is 24.5 Å². The SMILES string of the molecule is CCn1nnc2c(=O)n(C)cnc21. The standard InChI is InChI=1S/C7H9N5O/c1-3-12-6-5(9-10-12)7(13)11(2)4-8-6/h4H,3H2,1-2H3. The lowest BCUT2D eigenvalue weighted by atomic mass is 10.5. The van der Waals surface area contributed by atoms with Crippen LogP contribution >= 0.6 is 0 Å². The first-order valence-electron chi connectivity index (χ1n) is 3.99. The maximum atomic E-state index is 11.5. The van der Waals surface area contributed by atoms with Crippen LogP contribution in [0, 0.1) is 0 Å². The van der Waals surface area contributed by atoms with Gasteiger partial charge in [-0.05, 0) is 6.92 Å². The number of rotatable bonds is 1. The zero-order valence-corrected chi connectivity index (χ0v) is 7.43. The van der Waals surface area contributed by atoms with Gasteiger partial charge in [0.05, 0.1) is 6.33 Å². The second kappa shape index (κ2) is 2.65. The molecule has 0 saturated heterocycles. The molecule has 0 saturated carbocycles. The van der Waals surface area contributed by atoms with Gasteiger partial charge in [0.2, 0.25) is 0 Å². The minimum atomic E-state index is -0.162. The smallest absolute Gasteiger partial charge is 0.283 e. The molecule has 0 aliphatic rings. The van der Waals surface area contributed by atoms with Crippen molar-refractivity contribution in [3.63, 3.8) is 0 Å². The molecule has 0 bridgehead atoms. The van der Waals surface area contributed by atoms with E-state index in [9.17, 15) is 4.79 Å². The van der Waals surface area contributed by atoms with E-state index in [0.717, 1.165) is 0 Å². The van der Waals surface area contributed by atoms with Crippen molar-refractivity contribution in [3.8, 4) is 0 Å². The summed E-state index contributed by atoms with van der Waals surface area (Å²) in [5.74, 6) is 0. The Bertz CT molecular complexity index is 497. The first kappa shape index (κ1) is 7.90. The van der Waals surface area contributed by atoms with Crippen LogP contribution < -0.4 is 5.56 Å². The Morgan fingerprint density at radius 3 is 3.00 bits per heavy atom. The molecule has 0 fully saturated rings. The number of aromatic nitrogens is 5. The zero-order valence-electron chi connectivity index (χ0n) is 7.43. The molecule has 0 aliphatic carbocycles. The Morgan fingerprint density at radius 2 is 2.31 bits per heavy atom. The lowest BCUT2D eigenvalue weighted by molar-refractivity contribution is 0.640. The van der Waals surface area contributed by atoms with E-state index < -0.39 is 0 Å². The van der Waals surface area contributed by atoms with E-state index in [4.69, 9.17) is 0 Å². The van der Waals surface area contributed by atoms with Crippen LogP contribution in [0.2, 0.25) is 0 Å². The Hall–Kier alpha value is -1.72. The minimum Gasteiger partial charge on any atom is -0.300 e. The van der Waals surface area contributed by atoms with Crippen molar-refractivity contribution in [1.29, 1.82) is 0 Å². The summed E-state index contributed by atoms with van der Waals surface area (Å²) >= 11 is 0. The number of hydrogen-bond acceptors (Lipinski definition) is 4. The molecular formula is C7H9N5O. The zero-order chi connectivity index (χ0) is 9.42. The fourth-order valence-electron chi connectivity index (χ4n) is 1.15. The second-order valence-corrected chi connectivity index (χ2v) is 2.74. The molecule has 0 aromatic carbocycles. The van der Waals surface area contributed by atoms with Gasteiger partial charge in [-0.2, -0.15) is 0 Å². The molecular weight excluding hydrogens is 170 g/mol. The Balaban J connectivity index is 2.89. The van der Waals surface area contributed by atoms with E-state index in [-0.39, 0.29) is 5.56 Å². The van der Waals surface area contributed by atoms with Gasteiger partial charge < -0.3 is 4.57 Å². The van der Waals surface area contributed by atoms with E-state index in [1.54, 1.807) is 11.7 Å². The van der Waals surface area contributed by atoms with Gasteiger partial charge in [-0.1, -0.05) is 5.21 Å². The summed E-state index contributed by atoms with van der Waals surface area (Å²) in [5.41, 5.74) is 0.710. The van der Waals surface area contributed by atoms with E-state index in [0.29, 0.717) is 17.7 Å². The summed E-state index contributed by atoms with van der Waals surface area (Å²) in [6, 6.07) is 0. The summed E-state index contributed by atoms with van der Waals surface area (Å²) in [5, 5.41) is 7.57. The number of hydrogen-bond donors (Lipinski definition) is 0. The van der Waals surface area contributed by atoms with Gasteiger partial charge in [0.15, 0.2) is 11.2 Å². The largest absolute Gasteiger partial charge is 0.300 e. The van der Waals surface area contributed by atoms with Crippen molar-refractivity contribution in [2.24, 2.45) is 7.05 Å². The van der Waals surface area contributed by atoms with Crippen LogP contribution in [0.3, 0.4) is 0 Å². The number of fused-ring (bicyclic) bond motifs is 1. The normalized spacial score (nSPS) is 10.9. The van der Waals surface area contributed by atoms with Crippen molar-refractivity contribution >= 4 is 11.2 Å². The third kappa shape index (κ3) is 1.02. The van der Waals surface area contributed by atoms with Gasteiger partial charge in [0, 0.05) is 13.6 Å². The first-order valence-corrected chi connectivity index (χ1v) is 3.99. The van der Waals surface area contributed by atoms with Crippen molar-refractivity contribution in [2.75, 3.05) is 0 Å². The fraction of sp³-hybridized carbons (Fsp3) is 0.429. The average Bonchev–Trinajstić information content (AvgIpc) is 2.55. The number of aryl methyl sites for hydroxylation is 2. The van der Waals surface area contributed by atoms with Crippen LogP contribution in [0.25, 0.3) is 11.2 Å². The molecule has 2 rings (SSSR count). The summed E-state index contributed by atoms with van der Waals surface area (Å²) < 4.78 is 2.98. The summed E-state index contributed by atoms with van der Waals surface area (Å²) in [4.78, 5) is 15.5. The van der Waals surface area contributed by atoms with Crippen LogP contribution in [0.5, 0.6) is 0 Å². The Morgan fingerprint density at radius 1 is 1.54 bits per heavy atom. The van der Waals surface area contributed by atoms with Gasteiger partial charge in [-0.3, -0.25) is 4.79 Å². The highest BCUT2D eigenvalue weighted by molar-refractivity contribution is 5.67. The molecule has 0 N–H and O–H groups in total. The molecule has 0 spiro atoms. The molecule has 0 unspecified atom stereocenters. The molecule has 6 nitrogen and oxygen atoms in total. The van der Waals surface area contributed by atoms with Crippen molar-refractivity contribution < 1.29 is 0 Å². The Labute approximate surface area is 73.8 Å². The lowest BCUT2D eigenvalue weighted by Crippen LogP contribution is -2.17. The predicted molar refractivity (Wildman–Crippen MR) is 46.2 cm³/mol. The summed E-state index contributed by atoms with van der Waals surface area (Å²) in [6.07, 6.45) is 1.47. The monoisotopic (exact) mass is 179 g/mol. The van der Waals surface area contributed by atoms with Gasteiger partial charge in [-0.25, -0.2) is 9.67 Å². The molecule has 2 aromatic heterocycles. The van der Waals surface area contributed by atoms with E-state index in [1.165, 1.54) is 10.9 Å². The molecule has 6 heteroatoms. The highest BCUT2D eigenvalue weighted by atomic mass is 16.1. The van der Waals surface area contributed by atoms with Crippen LogP contribution in [0.4, 0.5) is 0 Å². The molecule has 0 amide bonds. The van der Waals surface area contributed by atoms with Gasteiger partial charge >= 0.3 is 0 Å². The molecule has 2 aromatic rings. The molecule has 13 heavy (non-hydrogen) atoms. The van der Waals surface area contributed by atoms with Crippen LogP contribution in [-0.2, 0) is 13.6 Å². The average molecular weight is 179 g/mol. The Kier molecular flexibility index (Phi) is 1.61. The van der Waals surface area contributed by atoms with Gasteiger partial charge in [-0.15, -0.1) is 5.10 Å². The highest BCUT2D eigenvalue weighted by Gasteiger charge is 2.08. The van der Waals surface area contributed by atoms with E-state index >= 15 is 0 Å². The van der Waals surface area contributed by atoms with E-state index in [2.05, 4.69) is 15.3 Å². The predicted octanol–water partition coefficient (Wildman–Crippen LogP) is -0.455. The highest BCUT2D eigenvalue weighted by Crippen LogP contribution is 2.00. The first-order chi connectivity index (χ1) is 6.24. The van der Waals surface area contributed by atoms with Crippen molar-refractivity contribution in [2.45, 2.75) is 13.5 Å². The molecule has 0 radical (unpaired) electrons. The van der Waals surface area contributed by atoms with Crippen LogP contribution in [-0.4, -0.2) is 24.5 Å². The van der Waals surface area contributed by atoms with Gasteiger partial charge in [0.25, 0.3) is 5.56 Å². The molecule has 0 aliphatic heterocycles. The molecule has 68 valence electrons. The van der Waals surface area contributed by atoms with Crippen LogP contribution in [0.15, 0.2) is 11.1 Å². The quantitative estimate of drug-likeness (QED) is 0.594. The third-order valence-corrected chi connectivity index (χ3v) is 1.88.